The highest BCUT2D eigenvalue weighted by atomic mass is 35.5. The van der Waals surface area contributed by atoms with E-state index in [4.69, 9.17) is 11.6 Å². The van der Waals surface area contributed by atoms with Gasteiger partial charge in [0, 0.05) is 5.02 Å². The molecular weight excluding hydrogens is 176 g/mol. The smallest absolute Gasteiger partial charge is 0.243 e. The summed E-state index contributed by atoms with van der Waals surface area (Å²) >= 11 is 5.75. The van der Waals surface area contributed by atoms with E-state index in [0.717, 1.165) is 11.4 Å². The van der Waals surface area contributed by atoms with Gasteiger partial charge in [0.2, 0.25) is 5.91 Å². The van der Waals surface area contributed by atoms with E-state index >= 15 is 0 Å². The van der Waals surface area contributed by atoms with Crippen LogP contribution in [0.15, 0.2) is 18.2 Å². The highest BCUT2D eigenvalue weighted by molar-refractivity contribution is 6.31. The number of nitrogens with one attached hydrogen (secondary N) is 2. The van der Waals surface area contributed by atoms with E-state index < -0.39 is 0 Å². The van der Waals surface area contributed by atoms with Gasteiger partial charge in [0.25, 0.3) is 0 Å². The number of anilines is 2. The van der Waals surface area contributed by atoms with Gasteiger partial charge in [-0.25, -0.2) is 0 Å². The Kier molecular flexibility index (Phi) is 1.66. The Bertz CT molecular complexity index is 338. The summed E-state index contributed by atoms with van der Waals surface area (Å²) in [4.78, 5) is 10.9. The number of fused-ring (bicyclic) bond motifs is 1. The topological polar surface area (TPSA) is 41.1 Å². The summed E-state index contributed by atoms with van der Waals surface area (Å²) in [6, 6.07) is 5.35. The number of rotatable bonds is 0. The average Bonchev–Trinajstić information content (AvgIpc) is 2.03. The molecule has 0 saturated heterocycles. The molecule has 12 heavy (non-hydrogen) atoms. The van der Waals surface area contributed by atoms with Crippen LogP contribution in [0.2, 0.25) is 5.02 Å². The van der Waals surface area contributed by atoms with Crippen molar-refractivity contribution in [2.24, 2.45) is 0 Å². The van der Waals surface area contributed by atoms with Crippen molar-refractivity contribution in [1.29, 1.82) is 0 Å². The second kappa shape index (κ2) is 2.68. The quantitative estimate of drug-likeness (QED) is 0.641. The Morgan fingerprint density at radius 3 is 3.00 bits per heavy atom. The molecule has 2 rings (SSSR count). The van der Waals surface area contributed by atoms with Crippen molar-refractivity contribution in [3.63, 3.8) is 0 Å². The van der Waals surface area contributed by atoms with E-state index in [-0.39, 0.29) is 5.91 Å². The zero-order valence-corrected chi connectivity index (χ0v) is 6.98. The predicted octanol–water partition coefficient (Wildman–Crippen LogP) is 1.70. The summed E-state index contributed by atoms with van der Waals surface area (Å²) in [6.07, 6.45) is 0. The summed E-state index contributed by atoms with van der Waals surface area (Å²) in [5, 5.41) is 6.31. The minimum atomic E-state index is -0.0373. The van der Waals surface area contributed by atoms with Gasteiger partial charge in [-0.05, 0) is 18.2 Å². The summed E-state index contributed by atoms with van der Waals surface area (Å²) in [5.41, 5.74) is 1.66. The molecule has 0 aliphatic carbocycles. The minimum absolute atomic E-state index is 0.0373. The molecule has 2 N–H and O–H groups in total. The molecule has 0 atom stereocenters. The zero-order valence-electron chi connectivity index (χ0n) is 6.23. The Morgan fingerprint density at radius 1 is 1.33 bits per heavy atom. The monoisotopic (exact) mass is 182 g/mol. The first-order valence-corrected chi connectivity index (χ1v) is 3.97. The molecule has 0 radical (unpaired) electrons. The van der Waals surface area contributed by atoms with Crippen LogP contribution in [0.1, 0.15) is 0 Å². The van der Waals surface area contributed by atoms with Crippen LogP contribution in [-0.4, -0.2) is 12.5 Å². The molecular formula is C8H7ClN2O. The molecule has 4 heteroatoms. The Labute approximate surface area is 74.7 Å². The van der Waals surface area contributed by atoms with E-state index in [9.17, 15) is 4.79 Å². The minimum Gasteiger partial charge on any atom is -0.374 e. The number of benzene rings is 1. The van der Waals surface area contributed by atoms with Gasteiger partial charge in [0.1, 0.15) is 0 Å². The SMILES string of the molecule is O=C1CNc2ccc(Cl)cc2N1. The fourth-order valence-corrected chi connectivity index (χ4v) is 1.32. The molecule has 3 nitrogen and oxygen atoms in total. The van der Waals surface area contributed by atoms with Crippen molar-refractivity contribution < 1.29 is 4.79 Å². The van der Waals surface area contributed by atoms with Crippen molar-refractivity contribution in [2.75, 3.05) is 17.2 Å². The second-order valence-electron chi connectivity index (χ2n) is 2.59. The average molecular weight is 183 g/mol. The van der Waals surface area contributed by atoms with Gasteiger partial charge in [-0.1, -0.05) is 11.6 Å². The van der Waals surface area contributed by atoms with Gasteiger partial charge in [-0.15, -0.1) is 0 Å². The maximum atomic E-state index is 10.9. The highest BCUT2D eigenvalue weighted by Gasteiger charge is 2.12. The molecule has 0 spiro atoms. The summed E-state index contributed by atoms with van der Waals surface area (Å²) in [6.45, 7) is 0.328. The van der Waals surface area contributed by atoms with Crippen LogP contribution in [0.5, 0.6) is 0 Å². The molecule has 62 valence electrons. The van der Waals surface area contributed by atoms with Crippen molar-refractivity contribution >= 4 is 28.9 Å². The number of carbonyl (C=O) groups excluding carboxylic acids is 1. The third-order valence-electron chi connectivity index (χ3n) is 1.70. The lowest BCUT2D eigenvalue weighted by Gasteiger charge is -2.18. The van der Waals surface area contributed by atoms with E-state index in [0.29, 0.717) is 11.6 Å². The van der Waals surface area contributed by atoms with Gasteiger partial charge in [-0.3, -0.25) is 4.79 Å². The first-order chi connectivity index (χ1) is 5.75. The molecule has 0 saturated carbocycles. The molecule has 1 amide bonds. The van der Waals surface area contributed by atoms with Crippen LogP contribution in [-0.2, 0) is 4.79 Å². The lowest BCUT2D eigenvalue weighted by molar-refractivity contribution is -0.114. The fraction of sp³-hybridized carbons (Fsp3) is 0.125. The Hall–Kier alpha value is -1.22. The number of hydrogen-bond acceptors (Lipinski definition) is 2. The van der Waals surface area contributed by atoms with Crippen molar-refractivity contribution in [3.8, 4) is 0 Å². The normalized spacial score (nSPS) is 14.6. The number of hydrogen-bond donors (Lipinski definition) is 2. The number of amides is 1. The molecule has 1 aliphatic heterocycles. The van der Waals surface area contributed by atoms with Gasteiger partial charge in [0.15, 0.2) is 0 Å². The number of halogens is 1. The third-order valence-corrected chi connectivity index (χ3v) is 1.93. The van der Waals surface area contributed by atoms with Gasteiger partial charge < -0.3 is 10.6 Å². The van der Waals surface area contributed by atoms with Gasteiger partial charge in [-0.2, -0.15) is 0 Å². The first kappa shape index (κ1) is 7.43. The molecule has 0 unspecified atom stereocenters. The summed E-state index contributed by atoms with van der Waals surface area (Å²) < 4.78 is 0. The maximum Gasteiger partial charge on any atom is 0.243 e. The van der Waals surface area contributed by atoms with Crippen molar-refractivity contribution in [3.05, 3.63) is 23.2 Å². The predicted molar refractivity (Wildman–Crippen MR) is 48.6 cm³/mol. The van der Waals surface area contributed by atoms with Crippen molar-refractivity contribution in [1.82, 2.24) is 0 Å². The second-order valence-corrected chi connectivity index (χ2v) is 3.03. The van der Waals surface area contributed by atoms with E-state index in [1.165, 1.54) is 0 Å². The largest absolute Gasteiger partial charge is 0.374 e. The lowest BCUT2D eigenvalue weighted by atomic mass is 10.2. The molecule has 0 fully saturated rings. The molecule has 1 aliphatic rings. The van der Waals surface area contributed by atoms with Crippen LogP contribution < -0.4 is 10.6 Å². The maximum absolute atomic E-state index is 10.9. The van der Waals surface area contributed by atoms with Crippen LogP contribution in [0.25, 0.3) is 0 Å². The summed E-state index contributed by atoms with van der Waals surface area (Å²) in [7, 11) is 0. The highest BCUT2D eigenvalue weighted by Crippen LogP contribution is 2.27. The molecule has 0 aromatic heterocycles. The lowest BCUT2D eigenvalue weighted by Crippen LogP contribution is -2.27. The van der Waals surface area contributed by atoms with E-state index in [2.05, 4.69) is 10.6 Å². The van der Waals surface area contributed by atoms with Gasteiger partial charge >= 0.3 is 0 Å². The van der Waals surface area contributed by atoms with Crippen molar-refractivity contribution in [2.45, 2.75) is 0 Å². The summed E-state index contributed by atoms with van der Waals surface area (Å²) in [5.74, 6) is -0.0373. The Morgan fingerprint density at radius 2 is 2.17 bits per heavy atom. The van der Waals surface area contributed by atoms with Crippen LogP contribution in [0.4, 0.5) is 11.4 Å². The van der Waals surface area contributed by atoms with Gasteiger partial charge in [0.05, 0.1) is 17.9 Å². The van der Waals surface area contributed by atoms with Crippen LogP contribution in [0, 0.1) is 0 Å². The van der Waals surface area contributed by atoms with E-state index in [1.807, 2.05) is 6.07 Å². The molecule has 1 heterocycles. The first-order valence-electron chi connectivity index (χ1n) is 3.59. The molecule has 1 aromatic rings. The zero-order chi connectivity index (χ0) is 8.55. The fourth-order valence-electron chi connectivity index (χ4n) is 1.14. The molecule has 0 bridgehead atoms. The molecule has 1 aromatic carbocycles. The Balaban J connectivity index is 2.44. The third kappa shape index (κ3) is 1.23. The van der Waals surface area contributed by atoms with Crippen LogP contribution >= 0.6 is 11.6 Å². The van der Waals surface area contributed by atoms with E-state index in [1.54, 1.807) is 12.1 Å². The number of carbonyl (C=O) groups is 1. The van der Waals surface area contributed by atoms with Crippen LogP contribution in [0.3, 0.4) is 0 Å². The standard InChI is InChI=1S/C8H7ClN2O/c9-5-1-2-6-7(3-5)11-8(12)4-10-6/h1-3,10H,4H2,(H,11,12).